The van der Waals surface area contributed by atoms with Crippen LogP contribution in [-0.2, 0) is 24.6 Å². The standard InChI is InChI=1S/C15H19NO5S3/c1-21-9-11-23(17,18)16-12-14(13-6-3-2-4-7-13)24(19,20)15-8-5-10-22-15/h2-8,10,14,16H,9,11-12H2,1H3. The molecule has 1 aromatic heterocycles. The smallest absolute Gasteiger partial charge is 0.213 e. The highest BCUT2D eigenvalue weighted by atomic mass is 32.2. The zero-order valence-corrected chi connectivity index (χ0v) is 15.5. The number of sulfone groups is 1. The Kier molecular flexibility index (Phi) is 6.53. The SMILES string of the molecule is COCCS(=O)(=O)NCC(c1ccccc1)S(=O)(=O)c1cccs1. The van der Waals surface area contributed by atoms with Crippen molar-refractivity contribution in [2.24, 2.45) is 0 Å². The van der Waals surface area contributed by atoms with Crippen molar-refractivity contribution < 1.29 is 21.6 Å². The molecule has 0 radical (unpaired) electrons. The second-order valence-corrected chi connectivity index (χ2v) is 10.3. The Bertz CT molecular complexity index is 830. The highest BCUT2D eigenvalue weighted by Gasteiger charge is 2.31. The van der Waals surface area contributed by atoms with Crippen molar-refractivity contribution in [1.29, 1.82) is 0 Å². The summed E-state index contributed by atoms with van der Waals surface area (Å²) < 4.78 is 57.0. The van der Waals surface area contributed by atoms with E-state index >= 15 is 0 Å². The number of hydrogen-bond donors (Lipinski definition) is 1. The van der Waals surface area contributed by atoms with Crippen molar-refractivity contribution in [2.75, 3.05) is 26.0 Å². The summed E-state index contributed by atoms with van der Waals surface area (Å²) in [6, 6.07) is 11.8. The van der Waals surface area contributed by atoms with Gasteiger partial charge >= 0.3 is 0 Å². The molecule has 0 bridgehead atoms. The lowest BCUT2D eigenvalue weighted by Crippen LogP contribution is -2.34. The lowest BCUT2D eigenvalue weighted by molar-refractivity contribution is 0.217. The van der Waals surface area contributed by atoms with Crippen LogP contribution < -0.4 is 4.72 Å². The fourth-order valence-corrected chi connectivity index (χ4v) is 6.03. The largest absolute Gasteiger partial charge is 0.384 e. The molecule has 0 saturated heterocycles. The average molecular weight is 390 g/mol. The van der Waals surface area contributed by atoms with Gasteiger partial charge in [-0.25, -0.2) is 21.6 Å². The first-order valence-corrected chi connectivity index (χ1v) is 11.2. The number of sulfonamides is 1. The molecule has 2 rings (SSSR count). The second-order valence-electron chi connectivity index (χ2n) is 5.04. The summed E-state index contributed by atoms with van der Waals surface area (Å²) in [6.45, 7) is -0.181. The minimum atomic E-state index is -3.69. The molecule has 1 unspecified atom stereocenters. The first kappa shape index (κ1) is 19.1. The molecule has 2 aromatic rings. The molecule has 0 spiro atoms. The van der Waals surface area contributed by atoms with Crippen molar-refractivity contribution >= 4 is 31.2 Å². The van der Waals surface area contributed by atoms with Gasteiger partial charge in [-0.05, 0) is 17.0 Å². The number of rotatable bonds is 9. The van der Waals surface area contributed by atoms with Crippen LogP contribution in [0.15, 0.2) is 52.1 Å². The Labute approximate surface area is 146 Å². The molecule has 0 fully saturated rings. The van der Waals surface area contributed by atoms with Crippen molar-refractivity contribution in [1.82, 2.24) is 4.72 Å². The lowest BCUT2D eigenvalue weighted by Gasteiger charge is -2.18. The summed E-state index contributed by atoms with van der Waals surface area (Å²) >= 11 is 1.11. The maximum atomic E-state index is 12.9. The number of thiophene rings is 1. The van der Waals surface area contributed by atoms with E-state index in [1.165, 1.54) is 13.2 Å². The van der Waals surface area contributed by atoms with E-state index in [0.717, 1.165) is 11.3 Å². The Balaban J connectivity index is 2.29. The van der Waals surface area contributed by atoms with E-state index in [4.69, 9.17) is 4.74 Å². The van der Waals surface area contributed by atoms with E-state index in [2.05, 4.69) is 4.72 Å². The number of benzene rings is 1. The molecule has 1 heterocycles. The molecular formula is C15H19NO5S3. The molecule has 0 amide bonds. The van der Waals surface area contributed by atoms with Gasteiger partial charge in [-0.3, -0.25) is 0 Å². The molecule has 9 heteroatoms. The summed E-state index contributed by atoms with van der Waals surface area (Å²) in [4.78, 5) is 0. The van der Waals surface area contributed by atoms with Crippen LogP contribution in [0.2, 0.25) is 0 Å². The molecule has 1 aromatic carbocycles. The van der Waals surface area contributed by atoms with Crippen LogP contribution in [-0.4, -0.2) is 42.8 Å². The molecule has 24 heavy (non-hydrogen) atoms. The molecule has 0 saturated carbocycles. The zero-order chi connectivity index (χ0) is 17.6. The quantitative estimate of drug-likeness (QED) is 0.707. The third-order valence-corrected chi connectivity index (χ3v) is 8.21. The minimum absolute atomic E-state index is 0.0447. The van der Waals surface area contributed by atoms with Gasteiger partial charge in [-0.15, -0.1) is 11.3 Å². The van der Waals surface area contributed by atoms with Gasteiger partial charge in [-0.1, -0.05) is 36.4 Å². The first-order chi connectivity index (χ1) is 11.4. The van der Waals surface area contributed by atoms with Gasteiger partial charge in [0.05, 0.1) is 12.4 Å². The third-order valence-electron chi connectivity index (χ3n) is 3.37. The number of nitrogens with one attached hydrogen (secondary N) is 1. The van der Waals surface area contributed by atoms with Crippen molar-refractivity contribution in [3.05, 3.63) is 53.4 Å². The van der Waals surface area contributed by atoms with E-state index in [9.17, 15) is 16.8 Å². The fraction of sp³-hybridized carbons (Fsp3) is 0.333. The van der Waals surface area contributed by atoms with E-state index in [0.29, 0.717) is 5.56 Å². The van der Waals surface area contributed by atoms with E-state index in [1.54, 1.807) is 41.8 Å². The Morgan fingerprint density at radius 3 is 2.38 bits per heavy atom. The predicted octanol–water partition coefficient (Wildman–Crippen LogP) is 1.83. The van der Waals surface area contributed by atoms with Crippen LogP contribution in [0.1, 0.15) is 10.8 Å². The number of ether oxygens (including phenoxy) is 1. The van der Waals surface area contributed by atoms with Crippen LogP contribution in [0.3, 0.4) is 0 Å². The summed E-state index contributed by atoms with van der Waals surface area (Å²) in [6.07, 6.45) is 0. The molecule has 1 N–H and O–H groups in total. The maximum Gasteiger partial charge on any atom is 0.213 e. The van der Waals surface area contributed by atoms with Crippen LogP contribution in [0.4, 0.5) is 0 Å². The van der Waals surface area contributed by atoms with Crippen molar-refractivity contribution in [3.8, 4) is 0 Å². The summed E-state index contributed by atoms with van der Waals surface area (Å²) in [7, 11) is -5.90. The zero-order valence-electron chi connectivity index (χ0n) is 13.1. The van der Waals surface area contributed by atoms with Gasteiger partial charge in [0.15, 0.2) is 9.84 Å². The molecule has 1 atom stereocenters. The topological polar surface area (TPSA) is 89.5 Å². The van der Waals surface area contributed by atoms with E-state index in [-0.39, 0.29) is 23.1 Å². The van der Waals surface area contributed by atoms with Gasteiger partial charge < -0.3 is 4.74 Å². The number of methoxy groups -OCH3 is 1. The van der Waals surface area contributed by atoms with Gasteiger partial charge in [0.2, 0.25) is 10.0 Å². The van der Waals surface area contributed by atoms with E-state index < -0.39 is 25.1 Å². The van der Waals surface area contributed by atoms with Gasteiger partial charge in [-0.2, -0.15) is 0 Å². The highest BCUT2D eigenvalue weighted by molar-refractivity contribution is 7.93. The van der Waals surface area contributed by atoms with Crippen LogP contribution in [0.25, 0.3) is 0 Å². The van der Waals surface area contributed by atoms with Crippen molar-refractivity contribution in [2.45, 2.75) is 9.46 Å². The second kappa shape index (κ2) is 8.21. The molecular weight excluding hydrogens is 370 g/mol. The highest BCUT2D eigenvalue weighted by Crippen LogP contribution is 2.31. The summed E-state index contributed by atoms with van der Waals surface area (Å²) in [5, 5.41) is 0.687. The fourth-order valence-electron chi connectivity index (χ4n) is 2.11. The molecule has 6 nitrogen and oxygen atoms in total. The Morgan fingerprint density at radius 2 is 1.79 bits per heavy atom. The summed E-state index contributed by atoms with van der Waals surface area (Å²) in [5.41, 5.74) is 0.542. The molecule has 0 aliphatic rings. The Hall–Kier alpha value is -1.26. The van der Waals surface area contributed by atoms with Crippen LogP contribution >= 0.6 is 11.3 Å². The lowest BCUT2D eigenvalue weighted by atomic mass is 10.1. The molecule has 0 aliphatic carbocycles. The Morgan fingerprint density at radius 1 is 1.08 bits per heavy atom. The summed E-state index contributed by atoms with van der Waals surface area (Å²) in [5.74, 6) is -0.218. The van der Waals surface area contributed by atoms with E-state index in [1.807, 2.05) is 0 Å². The van der Waals surface area contributed by atoms with Gasteiger partial charge in [0.25, 0.3) is 0 Å². The molecule has 132 valence electrons. The van der Waals surface area contributed by atoms with Gasteiger partial charge in [0, 0.05) is 13.7 Å². The van der Waals surface area contributed by atoms with Gasteiger partial charge in [0.1, 0.15) is 9.46 Å². The van der Waals surface area contributed by atoms with Crippen LogP contribution in [0.5, 0.6) is 0 Å². The number of hydrogen-bond acceptors (Lipinski definition) is 6. The van der Waals surface area contributed by atoms with Crippen LogP contribution in [0, 0.1) is 0 Å². The third kappa shape index (κ3) is 4.87. The first-order valence-electron chi connectivity index (χ1n) is 7.15. The average Bonchev–Trinajstić information content (AvgIpc) is 3.09. The van der Waals surface area contributed by atoms with Crippen molar-refractivity contribution in [3.63, 3.8) is 0 Å². The normalized spacial score (nSPS) is 13.7. The maximum absolute atomic E-state index is 12.9. The predicted molar refractivity (Wildman–Crippen MR) is 94.4 cm³/mol. The molecule has 0 aliphatic heterocycles. The monoisotopic (exact) mass is 389 g/mol. The minimum Gasteiger partial charge on any atom is -0.384 e.